The fourth-order valence-electron chi connectivity index (χ4n) is 17.4. The summed E-state index contributed by atoms with van der Waals surface area (Å²) in [5.74, 6) is -11.9. The van der Waals surface area contributed by atoms with Gasteiger partial charge >= 0.3 is 7.12 Å². The summed E-state index contributed by atoms with van der Waals surface area (Å²) in [6.45, 7) is 19.4. The van der Waals surface area contributed by atoms with Crippen LogP contribution in [0.3, 0.4) is 0 Å². The topological polar surface area (TPSA) is 388 Å². The number of rotatable bonds is 21. The third kappa shape index (κ3) is 26.6. The second-order valence-electron chi connectivity index (χ2n) is 36.2. The Bertz CT molecular complexity index is 5650. The highest BCUT2D eigenvalue weighted by atomic mass is 127. The molecule has 0 spiro atoms. The molecule has 10 rings (SSSR count). The minimum atomic E-state index is -2.70. The van der Waals surface area contributed by atoms with Gasteiger partial charge in [-0.15, -0.1) is 0 Å². The van der Waals surface area contributed by atoms with Crippen LogP contribution in [0.25, 0.3) is 22.6 Å². The summed E-state index contributed by atoms with van der Waals surface area (Å²) in [5.41, 5.74) is 35.9. The van der Waals surface area contributed by atoms with Gasteiger partial charge in [0.2, 0.25) is 11.6 Å². The highest BCUT2D eigenvalue weighted by Crippen LogP contribution is 2.57. The van der Waals surface area contributed by atoms with Crippen LogP contribution in [0, 0.1) is 27.2 Å². The first kappa shape index (κ1) is 116. The number of phenols is 2. The number of methoxy groups -OCH3 is 2. The summed E-state index contributed by atoms with van der Waals surface area (Å²) in [6, 6.07) is 12.6. The molecular weight excluding hydrogens is 1780 g/mol. The van der Waals surface area contributed by atoms with E-state index in [0.717, 1.165) is 32.4 Å². The first-order chi connectivity index (χ1) is 62.1. The molecule has 0 heterocycles. The second-order valence-corrected chi connectivity index (χ2v) is 37.3. The number of halogens is 1. The van der Waals surface area contributed by atoms with Crippen LogP contribution in [0.15, 0.2) is 159 Å². The van der Waals surface area contributed by atoms with E-state index in [-0.39, 0.29) is 65.8 Å². The molecule has 8 atom stereocenters. The maximum atomic E-state index is 14.3. The predicted octanol–water partition coefficient (Wildman–Crippen LogP) is -2.71. The Morgan fingerprint density at radius 1 is 0.522 bits per heavy atom. The van der Waals surface area contributed by atoms with Crippen molar-refractivity contribution < 1.29 is 89.1 Å². The Labute approximate surface area is 824 Å². The molecule has 29 radical (unpaired) electrons. The Balaban J connectivity index is 0.000000314. The molecule has 4 aromatic rings. The molecule has 24 nitrogen and oxygen atoms in total. The molecule has 0 saturated heterocycles. The lowest BCUT2D eigenvalue weighted by Crippen LogP contribution is -2.69. The van der Waals surface area contributed by atoms with Crippen LogP contribution >= 0.6 is 22.6 Å². The van der Waals surface area contributed by atoms with Gasteiger partial charge in [-0.3, -0.25) is 38.6 Å². The van der Waals surface area contributed by atoms with Gasteiger partial charge in [0, 0.05) is 230 Å². The van der Waals surface area contributed by atoms with Crippen molar-refractivity contribution in [1.29, 1.82) is 0 Å². The van der Waals surface area contributed by atoms with Crippen LogP contribution in [0.5, 0.6) is 23.0 Å². The number of Topliss-reactive ketones (excluding diaryl/α,β-unsaturated/α-hetero) is 4. The summed E-state index contributed by atoms with van der Waals surface area (Å²) < 4.78 is 11.5. The number of hydrogen-bond acceptors (Lipinski definition) is 22. The quantitative estimate of drug-likeness (QED) is 0.0175. The molecule has 0 aliphatic heterocycles. The summed E-state index contributed by atoms with van der Waals surface area (Å²) in [4.78, 5) is 86.0. The Hall–Kier alpha value is -8.72. The third-order valence-electron chi connectivity index (χ3n) is 23.5. The number of amides is 2. The lowest BCUT2D eigenvalue weighted by Gasteiger charge is -2.50. The van der Waals surface area contributed by atoms with Gasteiger partial charge in [-0.05, 0) is 273 Å². The van der Waals surface area contributed by atoms with Crippen molar-refractivity contribution in [3.63, 3.8) is 0 Å². The number of ketones is 4. The van der Waals surface area contributed by atoms with E-state index < -0.39 is 192 Å². The van der Waals surface area contributed by atoms with Crippen molar-refractivity contribution in [3.05, 3.63) is 207 Å². The zero-order valence-electron chi connectivity index (χ0n) is 78.3. The van der Waals surface area contributed by atoms with E-state index >= 15 is 0 Å². The highest BCUT2D eigenvalue weighted by Gasteiger charge is 2.66. The van der Waals surface area contributed by atoms with Crippen molar-refractivity contribution in [2.24, 2.45) is 35.1 Å². The number of nitrogens with two attached hydrogens (primary N) is 2. The molecule has 0 unspecified atom stereocenters. The number of carbonyl (C=O) groups excluding carboxylic acids is 6. The lowest BCUT2D eigenvalue weighted by atomic mass is 8.50. The summed E-state index contributed by atoms with van der Waals surface area (Å²) in [7, 11) is 93.2. The fraction of sp³-hybridized carbons (Fsp3) is 0.386. The molecule has 647 valence electrons. The number of hydrogen-bond donors (Lipinski definition) is 12. The van der Waals surface area contributed by atoms with Crippen LogP contribution in [-0.2, 0) is 65.5 Å². The van der Waals surface area contributed by atoms with Crippen molar-refractivity contribution in [1.82, 2.24) is 19.6 Å². The van der Waals surface area contributed by atoms with E-state index in [2.05, 4.69) is 98.8 Å². The number of primary amides is 2. The minimum absolute atomic E-state index is 0.0109. The normalized spacial score (nSPS) is 19.1. The average molecular weight is 1870 g/mol. The number of fused-ring (bicyclic) bond motifs is 6. The maximum absolute atomic E-state index is 14.3. The van der Waals surface area contributed by atoms with Gasteiger partial charge in [0.25, 0.3) is 11.8 Å². The Kier molecular flexibility index (Phi) is 42.4. The van der Waals surface area contributed by atoms with Crippen LogP contribution in [-0.4, -0.2) is 386 Å². The van der Waals surface area contributed by atoms with Crippen molar-refractivity contribution in [3.8, 4) is 34.1 Å². The molecule has 51 heteroatoms. The van der Waals surface area contributed by atoms with E-state index in [1.807, 2.05) is 116 Å². The Morgan fingerprint density at radius 3 is 1.19 bits per heavy atom. The summed E-state index contributed by atoms with van der Waals surface area (Å²) in [5, 5.41) is 110. The number of benzene rings is 4. The number of likely N-dealkylation sites (N-methyl/N-ethyl adjacent to an activating group) is 2. The minimum Gasteiger partial charge on any atom is -0.508 e. The van der Waals surface area contributed by atoms with Crippen LogP contribution in [0.1, 0.15) is 98.9 Å². The van der Waals surface area contributed by atoms with E-state index in [9.17, 15) is 69.6 Å². The molecule has 4 aromatic carbocycles. The molecule has 2 fully saturated rings. The number of carbonyl (C=O) groups is 6. The zero-order chi connectivity index (χ0) is 102. The average Bonchev–Trinajstić information content (AvgIpc) is 0.699. The van der Waals surface area contributed by atoms with E-state index in [4.69, 9.17) is 139 Å². The molecule has 6 aliphatic carbocycles. The second kappa shape index (κ2) is 49.0. The number of aliphatic hydroxyl groups is 6. The fourth-order valence-corrected chi connectivity index (χ4v) is 18.2. The van der Waals surface area contributed by atoms with Crippen LogP contribution in [0.2, 0.25) is 0 Å². The number of nitrogens with zero attached hydrogens (tertiary/aromatic N) is 4. The van der Waals surface area contributed by atoms with E-state index in [1.165, 1.54) is 16.9 Å². The molecule has 0 bridgehead atoms. The Morgan fingerprint density at radius 2 is 0.881 bits per heavy atom. The molecule has 14 N–H and O–H groups in total. The number of ether oxygens (including phenoxy) is 2. The maximum Gasteiger partial charge on any atom is 0.488 e. The van der Waals surface area contributed by atoms with Gasteiger partial charge in [0.05, 0.1) is 37.4 Å². The molecule has 2 saturated carbocycles. The highest BCUT2D eigenvalue weighted by molar-refractivity contribution is 14.1. The third-order valence-corrected chi connectivity index (χ3v) is 24.5. The largest absolute Gasteiger partial charge is 0.508 e. The smallest absolute Gasteiger partial charge is 0.488 e. The van der Waals surface area contributed by atoms with Gasteiger partial charge < -0.3 is 81.6 Å². The van der Waals surface area contributed by atoms with E-state index in [1.54, 1.807) is 54.5 Å². The van der Waals surface area contributed by atoms with Crippen molar-refractivity contribution in [2.45, 2.75) is 114 Å². The number of aliphatic hydroxyl groups excluding tert-OH is 4. The SMILES string of the molecule is C=C=C=C=C=C=C=C=C=C=C=C=C.CN(C)[C@@H]1C(=O)C(C(N)=O)=C(O)[C@@]2(O)C(=O)C3=C(O)c4c(O)c(C(C)(C)C)cc(I)c4C[C@H]3C[C@@H]12.COc1cc(CN(C)C)cc(-c2cc(C(C)(C)C)c(O)c3c2C[C@H]2C[C@H]4[C@H](N(C)C)C(=O)C(C(N)=O)=C(O)[C@@]4(O)C(=O)C2=C3O)c1.COc1cc(CN(C)C)cc(B(O)O)c1.[B]B([B])B([B])B(B([B])[B])B([B])[B].[B][B]B(B([B])[B])B(B([B])[B])B([B])[B]. The van der Waals surface area contributed by atoms with Crippen molar-refractivity contribution >= 4 is 261 Å². The van der Waals surface area contributed by atoms with Crippen LogP contribution < -0.4 is 26.4 Å². The molecule has 134 heavy (non-hydrogen) atoms. The first-order valence-electron chi connectivity index (χ1n) is 42.0. The first-order valence-corrected chi connectivity index (χ1v) is 43.1. The predicted molar refractivity (Wildman–Crippen MR) is 562 cm³/mol. The summed E-state index contributed by atoms with van der Waals surface area (Å²) in [6.07, 6.45) is -5.55. The summed E-state index contributed by atoms with van der Waals surface area (Å²) >= 11 is 2.14. The van der Waals surface area contributed by atoms with Crippen molar-refractivity contribution in [2.75, 3.05) is 70.6 Å². The van der Waals surface area contributed by atoms with Gasteiger partial charge in [0.1, 0.15) is 57.2 Å². The van der Waals surface area contributed by atoms with Gasteiger partial charge in [0.15, 0.2) is 22.8 Å². The van der Waals surface area contributed by atoms with Crippen LogP contribution in [0.4, 0.5) is 0 Å². The number of phenolic OH excluding ortho intramolecular Hbond substituents is 2. The van der Waals surface area contributed by atoms with Gasteiger partial charge in [-0.25, -0.2) is 0 Å². The lowest BCUT2D eigenvalue weighted by molar-refractivity contribution is -0.155. The van der Waals surface area contributed by atoms with Gasteiger partial charge in [-0.2, -0.15) is 0 Å². The monoisotopic (exact) mass is 1870 g/mol. The van der Waals surface area contributed by atoms with E-state index in [0.29, 0.717) is 45.8 Å². The zero-order valence-corrected chi connectivity index (χ0v) is 80.5. The molecule has 6 aliphatic rings. The molecular formula is C83H92B26IN6O18. The standard InChI is InChI=1S/C35H43N3O8.C25H29IN2O7.C13H4.C10H16BNO3.B13.B12/c1-34(2,3)23-14-20(17-9-16(15-37(4)5)10-19(11-17)46-8)21-12-18-13-22-27(38(6)7)30(41)26(33(36)44)32(43)35(22,45)31(42)24(18)29(40)25(21)28(23)39;1-24(2,3)12-8-13(26)10-6-9-7-11-17(28(4)5)20(31)16(23(27)34)22(33)25(11,35)21(32)14(9)19(30)15(10)18(12)29;1-3-5-7-9-11-13-12-10-8-6-4-2;1-12(2)7-8-4-9(11(13)14)6-10(5-8)15-3;1-8-12(9(2)3)13(10(4)5)11(6)7;1-8(2)11(7)12(9(3)4)10(5)6/h9-11,14,18,22,27,39-40,43,45H,12-13,15H2,1-8H3,(H2,36,44);8-9,11,17,29-30,33,35H,6-7H2,1-5H3,(H2,27,34);1-2H2;4-6,13-14H,7H2,1-3H3;;/t18-,22-,27-,35-;9-,11-,17-,25-;;;;/m00..../s1. The molecule has 0 aromatic heterocycles. The number of aromatic hydroxyl groups is 2. The van der Waals surface area contributed by atoms with Gasteiger partial charge in [-0.1, -0.05) is 59.1 Å². The molecule has 2 amide bonds.